The summed E-state index contributed by atoms with van der Waals surface area (Å²) < 4.78 is 10.6. The maximum atomic E-state index is 12.7. The number of likely N-dealkylation sites (tertiary alicyclic amines) is 1. The minimum absolute atomic E-state index is 0.104. The molecule has 10 nitrogen and oxygen atoms in total. The van der Waals surface area contributed by atoms with Crippen molar-refractivity contribution >= 4 is 28.6 Å². The van der Waals surface area contributed by atoms with Crippen molar-refractivity contribution < 1.29 is 19.0 Å². The van der Waals surface area contributed by atoms with Gasteiger partial charge in [-0.15, -0.1) is 11.3 Å². The van der Waals surface area contributed by atoms with Gasteiger partial charge in [-0.25, -0.2) is 0 Å². The first kappa shape index (κ1) is 20.9. The van der Waals surface area contributed by atoms with Crippen molar-refractivity contribution in [1.29, 1.82) is 0 Å². The number of amides is 1. The first-order chi connectivity index (χ1) is 15.0. The molecular formula is C20H21N5O5S. The number of carbonyl (C=O) groups excluding carboxylic acids is 1. The number of anilines is 1. The van der Waals surface area contributed by atoms with Crippen LogP contribution in [0.3, 0.4) is 0 Å². The lowest BCUT2D eigenvalue weighted by atomic mass is 9.95. The second-order valence-corrected chi connectivity index (χ2v) is 8.12. The minimum atomic E-state index is -0.505. The number of nitro groups is 1. The summed E-state index contributed by atoms with van der Waals surface area (Å²) in [4.78, 5) is 30.8. The Morgan fingerprint density at radius 3 is 2.87 bits per heavy atom. The van der Waals surface area contributed by atoms with Crippen molar-refractivity contribution in [2.24, 2.45) is 5.92 Å². The molecule has 1 fully saturated rings. The van der Waals surface area contributed by atoms with Gasteiger partial charge in [-0.2, -0.15) is 4.98 Å². The number of non-ortho nitro benzene ring substituents is 1. The van der Waals surface area contributed by atoms with Crippen molar-refractivity contribution in [2.75, 3.05) is 25.5 Å². The molecule has 4 rings (SSSR count). The fraction of sp³-hybridized carbons (Fsp3) is 0.350. The smallest absolute Gasteiger partial charge is 0.271 e. The van der Waals surface area contributed by atoms with E-state index in [1.807, 2.05) is 17.5 Å². The van der Waals surface area contributed by atoms with Crippen molar-refractivity contribution in [3.05, 3.63) is 51.7 Å². The SMILES string of the molecule is COc1ccc([N+](=O)[O-])cc1NC(=O)C1CCN(Cc2nc(-c3cccs3)no2)CC1. The van der Waals surface area contributed by atoms with Gasteiger partial charge < -0.3 is 14.6 Å². The third-order valence-electron chi connectivity index (χ3n) is 5.18. The van der Waals surface area contributed by atoms with Gasteiger partial charge >= 0.3 is 0 Å². The maximum absolute atomic E-state index is 12.7. The number of thiophene rings is 1. The summed E-state index contributed by atoms with van der Waals surface area (Å²) in [5.41, 5.74) is 0.198. The highest BCUT2D eigenvalue weighted by molar-refractivity contribution is 7.13. The third kappa shape index (κ3) is 4.89. The lowest BCUT2D eigenvalue weighted by Crippen LogP contribution is -2.37. The van der Waals surface area contributed by atoms with E-state index in [1.165, 1.54) is 25.3 Å². The number of rotatable bonds is 7. The number of hydrogen-bond donors (Lipinski definition) is 1. The van der Waals surface area contributed by atoms with Crippen molar-refractivity contribution in [3.8, 4) is 16.5 Å². The number of nitrogens with one attached hydrogen (secondary N) is 1. The average molecular weight is 443 g/mol. The summed E-state index contributed by atoms with van der Waals surface area (Å²) in [6.45, 7) is 1.95. The van der Waals surface area contributed by atoms with Gasteiger partial charge in [-0.05, 0) is 43.4 Å². The lowest BCUT2D eigenvalue weighted by molar-refractivity contribution is -0.384. The summed E-state index contributed by atoms with van der Waals surface area (Å²) in [7, 11) is 1.46. The van der Waals surface area contributed by atoms with Crippen molar-refractivity contribution in [3.63, 3.8) is 0 Å². The molecule has 0 unspecified atom stereocenters. The zero-order valence-corrected chi connectivity index (χ0v) is 17.6. The van der Waals surface area contributed by atoms with E-state index < -0.39 is 4.92 Å². The highest BCUT2D eigenvalue weighted by atomic mass is 32.1. The standard InChI is InChI=1S/C20H21N5O5S/c1-29-16-5-4-14(25(27)28)11-15(16)21-20(26)13-6-8-24(9-7-13)12-18-22-19(23-30-18)17-3-2-10-31-17/h2-5,10-11,13H,6-9,12H2,1H3,(H,21,26). The van der Waals surface area contributed by atoms with Crippen LogP contribution in [-0.2, 0) is 11.3 Å². The molecule has 2 aromatic heterocycles. The molecule has 11 heteroatoms. The van der Waals surface area contributed by atoms with Crippen LogP contribution < -0.4 is 10.1 Å². The first-order valence-electron chi connectivity index (χ1n) is 9.75. The number of nitro benzene ring substituents is 1. The zero-order valence-electron chi connectivity index (χ0n) is 16.8. The maximum Gasteiger partial charge on any atom is 0.271 e. The minimum Gasteiger partial charge on any atom is -0.495 e. The zero-order chi connectivity index (χ0) is 21.8. The van der Waals surface area contributed by atoms with E-state index in [4.69, 9.17) is 9.26 Å². The number of piperidine rings is 1. The summed E-state index contributed by atoms with van der Waals surface area (Å²) in [6.07, 6.45) is 1.32. The molecule has 1 aliphatic rings. The van der Waals surface area contributed by atoms with Gasteiger partial charge in [0.05, 0.1) is 29.1 Å². The van der Waals surface area contributed by atoms with E-state index in [-0.39, 0.29) is 17.5 Å². The van der Waals surface area contributed by atoms with Crippen LogP contribution in [0.4, 0.5) is 11.4 Å². The van der Waals surface area contributed by atoms with Crippen LogP contribution in [-0.4, -0.2) is 46.1 Å². The van der Waals surface area contributed by atoms with Gasteiger partial charge in [0.25, 0.3) is 5.69 Å². The third-order valence-corrected chi connectivity index (χ3v) is 6.04. The number of ether oxygens (including phenoxy) is 1. The van der Waals surface area contributed by atoms with Crippen LogP contribution in [0.2, 0.25) is 0 Å². The highest BCUT2D eigenvalue weighted by Gasteiger charge is 2.27. The fourth-order valence-corrected chi connectivity index (χ4v) is 4.16. The molecule has 1 N–H and O–H groups in total. The number of benzene rings is 1. The Morgan fingerprint density at radius 2 is 2.19 bits per heavy atom. The van der Waals surface area contributed by atoms with Crippen LogP contribution in [0.5, 0.6) is 5.75 Å². The van der Waals surface area contributed by atoms with Gasteiger partial charge in [0.2, 0.25) is 17.6 Å². The molecule has 31 heavy (non-hydrogen) atoms. The molecule has 0 spiro atoms. The molecule has 1 amide bonds. The van der Waals surface area contributed by atoms with E-state index >= 15 is 0 Å². The molecule has 3 aromatic rings. The molecule has 0 bridgehead atoms. The van der Waals surface area contributed by atoms with E-state index in [9.17, 15) is 14.9 Å². The first-order valence-corrected chi connectivity index (χ1v) is 10.6. The Balaban J connectivity index is 1.32. The average Bonchev–Trinajstić information content (AvgIpc) is 3.46. The number of nitrogens with zero attached hydrogens (tertiary/aromatic N) is 4. The second-order valence-electron chi connectivity index (χ2n) is 7.17. The highest BCUT2D eigenvalue weighted by Crippen LogP contribution is 2.30. The monoisotopic (exact) mass is 443 g/mol. The van der Waals surface area contributed by atoms with E-state index in [0.717, 1.165) is 4.88 Å². The quantitative estimate of drug-likeness (QED) is 0.434. The molecule has 3 heterocycles. The normalized spacial score (nSPS) is 15.0. The second kappa shape index (κ2) is 9.23. The summed E-state index contributed by atoms with van der Waals surface area (Å²) in [5.74, 6) is 1.16. The van der Waals surface area contributed by atoms with Crippen LogP contribution in [0.1, 0.15) is 18.7 Å². The Bertz CT molecular complexity index is 1060. The molecule has 0 radical (unpaired) electrons. The van der Waals surface area contributed by atoms with Gasteiger partial charge in [0, 0.05) is 18.1 Å². The van der Waals surface area contributed by atoms with Crippen LogP contribution in [0.15, 0.2) is 40.2 Å². The van der Waals surface area contributed by atoms with Gasteiger partial charge in [0.15, 0.2) is 0 Å². The van der Waals surface area contributed by atoms with Gasteiger partial charge in [-0.1, -0.05) is 11.2 Å². The van der Waals surface area contributed by atoms with Crippen LogP contribution in [0, 0.1) is 16.0 Å². The summed E-state index contributed by atoms with van der Waals surface area (Å²) in [5, 5.41) is 19.8. The number of hydrogen-bond acceptors (Lipinski definition) is 9. The molecular weight excluding hydrogens is 422 g/mol. The predicted molar refractivity (Wildman–Crippen MR) is 114 cm³/mol. The van der Waals surface area contributed by atoms with E-state index in [1.54, 1.807) is 11.3 Å². The molecule has 1 saturated heterocycles. The Hall–Kier alpha value is -3.31. The Labute approximate surface area is 182 Å². The molecule has 1 aliphatic heterocycles. The van der Waals surface area contributed by atoms with Crippen LogP contribution >= 0.6 is 11.3 Å². The Kier molecular flexibility index (Phi) is 6.23. The van der Waals surface area contributed by atoms with E-state index in [0.29, 0.717) is 55.6 Å². The topological polar surface area (TPSA) is 124 Å². The molecule has 1 aromatic carbocycles. The van der Waals surface area contributed by atoms with Crippen LogP contribution in [0.25, 0.3) is 10.7 Å². The number of methoxy groups -OCH3 is 1. The van der Waals surface area contributed by atoms with Gasteiger partial charge in [0.1, 0.15) is 5.75 Å². The molecule has 0 saturated carbocycles. The lowest BCUT2D eigenvalue weighted by Gasteiger charge is -2.30. The summed E-state index contributed by atoms with van der Waals surface area (Å²) >= 11 is 1.56. The fourth-order valence-electron chi connectivity index (χ4n) is 3.51. The molecule has 0 atom stereocenters. The number of carbonyl (C=O) groups is 1. The molecule has 162 valence electrons. The van der Waals surface area contributed by atoms with Gasteiger partial charge in [-0.3, -0.25) is 19.8 Å². The summed E-state index contributed by atoms with van der Waals surface area (Å²) in [6, 6.07) is 8.01. The van der Waals surface area contributed by atoms with Crippen molar-refractivity contribution in [2.45, 2.75) is 19.4 Å². The van der Waals surface area contributed by atoms with E-state index in [2.05, 4.69) is 20.4 Å². The largest absolute Gasteiger partial charge is 0.495 e. The number of aromatic nitrogens is 2. The van der Waals surface area contributed by atoms with Crippen molar-refractivity contribution in [1.82, 2.24) is 15.0 Å². The Morgan fingerprint density at radius 1 is 1.39 bits per heavy atom. The predicted octanol–water partition coefficient (Wildman–Crippen LogP) is 3.57. The molecule has 0 aliphatic carbocycles.